The molecule has 1 unspecified atom stereocenters. The van der Waals surface area contributed by atoms with Crippen molar-refractivity contribution >= 4 is 17.8 Å². The summed E-state index contributed by atoms with van der Waals surface area (Å²) in [6, 6.07) is 3.52. The molecule has 1 saturated carbocycles. The predicted octanol–water partition coefficient (Wildman–Crippen LogP) is 2.99. The monoisotopic (exact) mass is 441 g/mol. The number of carbonyl (C=O) groups is 2. The van der Waals surface area contributed by atoms with E-state index in [0.29, 0.717) is 5.56 Å². The summed E-state index contributed by atoms with van der Waals surface area (Å²) in [5.74, 6) is -5.27. The minimum atomic E-state index is -4.28. The number of carbonyl (C=O) groups excluding carboxylic acids is 2. The quantitative estimate of drug-likeness (QED) is 0.580. The summed E-state index contributed by atoms with van der Waals surface area (Å²) in [7, 11) is 0. The fourth-order valence-corrected chi connectivity index (χ4v) is 2.42. The van der Waals surface area contributed by atoms with Gasteiger partial charge in [0.25, 0.3) is 5.91 Å². The number of halogens is 4. The van der Waals surface area contributed by atoms with Crippen molar-refractivity contribution in [2.24, 2.45) is 5.92 Å². The van der Waals surface area contributed by atoms with Crippen LogP contribution in [-0.2, 0) is 4.79 Å². The van der Waals surface area contributed by atoms with Crippen molar-refractivity contribution in [2.45, 2.75) is 38.2 Å². The zero-order valence-corrected chi connectivity index (χ0v) is 16.3. The lowest BCUT2D eigenvalue weighted by Crippen LogP contribution is -2.33. The highest BCUT2D eigenvalue weighted by molar-refractivity contribution is 5.95. The molecule has 0 aliphatic heterocycles. The number of aromatic nitrogens is 3. The van der Waals surface area contributed by atoms with Crippen LogP contribution in [0.15, 0.2) is 30.6 Å². The molecule has 2 aromatic rings. The van der Waals surface area contributed by atoms with Crippen LogP contribution in [0.1, 0.15) is 41.9 Å². The molecule has 1 aliphatic carbocycles. The first-order valence-electron chi connectivity index (χ1n) is 9.35. The second-order valence-electron chi connectivity index (χ2n) is 7.00. The Bertz CT molecular complexity index is 938. The van der Waals surface area contributed by atoms with E-state index in [1.807, 2.05) is 0 Å². The fraction of sp³-hybridized carbons (Fsp3) is 0.421. The third-order valence-corrected chi connectivity index (χ3v) is 4.41. The Morgan fingerprint density at radius 2 is 1.97 bits per heavy atom. The molecule has 1 atom stereocenters. The van der Waals surface area contributed by atoms with E-state index in [0.717, 1.165) is 12.8 Å². The standard InChI is InChI=1S/C19H19F4N5O3/c1-10(12-4-5-14(25-8-12)31-9-19(22,23)17(20)21)26-16(30)13-6-7-24-18(27-13)28-15(29)11-2-3-11/h4-8,10-11,17H,2-3,9H2,1H3,(H,26,30)(H,24,27,28,29). The van der Waals surface area contributed by atoms with Crippen LogP contribution in [0.25, 0.3) is 0 Å². The summed E-state index contributed by atoms with van der Waals surface area (Å²) in [4.78, 5) is 36.0. The first kappa shape index (κ1) is 22.4. The summed E-state index contributed by atoms with van der Waals surface area (Å²) in [5.41, 5.74) is 0.549. The van der Waals surface area contributed by atoms with Crippen molar-refractivity contribution in [1.29, 1.82) is 0 Å². The molecule has 1 fully saturated rings. The first-order chi connectivity index (χ1) is 14.7. The van der Waals surface area contributed by atoms with E-state index in [2.05, 4.69) is 30.3 Å². The van der Waals surface area contributed by atoms with E-state index in [4.69, 9.17) is 0 Å². The third-order valence-electron chi connectivity index (χ3n) is 4.41. The summed E-state index contributed by atoms with van der Waals surface area (Å²) < 4.78 is 54.7. The van der Waals surface area contributed by atoms with E-state index < -0.39 is 30.9 Å². The normalized spacial score (nSPS) is 14.8. The Morgan fingerprint density at radius 1 is 1.23 bits per heavy atom. The first-order valence-corrected chi connectivity index (χ1v) is 9.35. The molecular formula is C19H19F4N5O3. The number of nitrogens with zero attached hydrogens (tertiary/aromatic N) is 3. The molecule has 2 N–H and O–H groups in total. The molecule has 1 aliphatic rings. The second-order valence-corrected chi connectivity index (χ2v) is 7.00. The van der Waals surface area contributed by atoms with Crippen molar-refractivity contribution in [1.82, 2.24) is 20.3 Å². The molecule has 31 heavy (non-hydrogen) atoms. The van der Waals surface area contributed by atoms with Gasteiger partial charge in [-0.05, 0) is 31.4 Å². The van der Waals surface area contributed by atoms with Crippen molar-refractivity contribution < 1.29 is 31.9 Å². The van der Waals surface area contributed by atoms with Gasteiger partial charge in [-0.15, -0.1) is 0 Å². The van der Waals surface area contributed by atoms with Crippen molar-refractivity contribution in [3.63, 3.8) is 0 Å². The Labute approximate surface area is 174 Å². The van der Waals surface area contributed by atoms with Crippen molar-refractivity contribution in [3.05, 3.63) is 41.9 Å². The zero-order valence-electron chi connectivity index (χ0n) is 16.3. The van der Waals surface area contributed by atoms with E-state index in [-0.39, 0.29) is 29.3 Å². The van der Waals surface area contributed by atoms with Gasteiger partial charge in [0.1, 0.15) is 5.69 Å². The van der Waals surface area contributed by atoms with Gasteiger partial charge in [-0.2, -0.15) is 8.78 Å². The number of ether oxygens (including phenoxy) is 1. The Kier molecular flexibility index (Phi) is 6.66. The maximum atomic E-state index is 12.9. The number of hydrogen-bond donors (Lipinski definition) is 2. The SMILES string of the molecule is CC(NC(=O)c1ccnc(NC(=O)C2CC2)n1)c1ccc(OCC(F)(F)C(F)F)nc1. The van der Waals surface area contributed by atoms with Gasteiger partial charge in [-0.25, -0.2) is 23.7 Å². The lowest BCUT2D eigenvalue weighted by molar-refractivity contribution is -0.148. The lowest BCUT2D eigenvalue weighted by atomic mass is 10.1. The molecule has 0 aromatic carbocycles. The molecule has 2 amide bonds. The van der Waals surface area contributed by atoms with Gasteiger partial charge in [0.05, 0.1) is 6.04 Å². The predicted molar refractivity (Wildman–Crippen MR) is 99.9 cm³/mol. The average molecular weight is 441 g/mol. The van der Waals surface area contributed by atoms with Crippen LogP contribution in [-0.4, -0.2) is 45.7 Å². The van der Waals surface area contributed by atoms with Gasteiger partial charge < -0.3 is 10.1 Å². The number of hydrogen-bond acceptors (Lipinski definition) is 6. The van der Waals surface area contributed by atoms with Crippen LogP contribution in [0.5, 0.6) is 5.88 Å². The third kappa shape index (κ3) is 6.09. The van der Waals surface area contributed by atoms with Gasteiger partial charge in [-0.3, -0.25) is 14.9 Å². The molecule has 166 valence electrons. The van der Waals surface area contributed by atoms with Crippen LogP contribution in [0.2, 0.25) is 0 Å². The molecule has 0 bridgehead atoms. The summed E-state index contributed by atoms with van der Waals surface area (Å²) in [6.45, 7) is 0.147. The molecule has 8 nitrogen and oxygen atoms in total. The van der Waals surface area contributed by atoms with Crippen LogP contribution < -0.4 is 15.4 Å². The largest absolute Gasteiger partial charge is 0.471 e. The fourth-order valence-electron chi connectivity index (χ4n) is 2.42. The molecule has 2 heterocycles. The smallest absolute Gasteiger partial charge is 0.340 e. The maximum Gasteiger partial charge on any atom is 0.340 e. The topological polar surface area (TPSA) is 106 Å². The summed E-state index contributed by atoms with van der Waals surface area (Å²) in [5, 5.41) is 5.23. The Hall–Kier alpha value is -3.31. The molecule has 2 aromatic heterocycles. The number of amides is 2. The minimum Gasteiger partial charge on any atom is -0.471 e. The molecule has 12 heteroatoms. The minimum absolute atomic E-state index is 0.0287. The zero-order chi connectivity index (χ0) is 22.6. The highest BCUT2D eigenvalue weighted by atomic mass is 19.3. The van der Waals surface area contributed by atoms with Gasteiger partial charge >= 0.3 is 12.3 Å². The highest BCUT2D eigenvalue weighted by Crippen LogP contribution is 2.29. The number of alkyl halides is 4. The number of pyridine rings is 1. The number of anilines is 1. The Balaban J connectivity index is 1.56. The van der Waals surface area contributed by atoms with E-state index in [1.165, 1.54) is 30.6 Å². The van der Waals surface area contributed by atoms with Gasteiger partial charge in [-0.1, -0.05) is 6.07 Å². The number of rotatable bonds is 9. The van der Waals surface area contributed by atoms with Gasteiger partial charge in [0.2, 0.25) is 17.7 Å². The van der Waals surface area contributed by atoms with E-state index in [1.54, 1.807) is 6.92 Å². The van der Waals surface area contributed by atoms with E-state index in [9.17, 15) is 27.2 Å². The highest BCUT2D eigenvalue weighted by Gasteiger charge is 2.41. The maximum absolute atomic E-state index is 12.9. The van der Waals surface area contributed by atoms with Gasteiger partial charge in [0, 0.05) is 24.4 Å². The number of nitrogens with one attached hydrogen (secondary N) is 2. The van der Waals surface area contributed by atoms with Gasteiger partial charge in [0.15, 0.2) is 6.61 Å². The molecule has 0 radical (unpaired) electrons. The molecule has 3 rings (SSSR count). The average Bonchev–Trinajstić information content (AvgIpc) is 3.58. The summed E-state index contributed by atoms with van der Waals surface area (Å²) >= 11 is 0. The van der Waals surface area contributed by atoms with E-state index >= 15 is 0 Å². The Morgan fingerprint density at radius 3 is 2.58 bits per heavy atom. The van der Waals surface area contributed by atoms with Crippen molar-refractivity contribution in [2.75, 3.05) is 11.9 Å². The summed E-state index contributed by atoms with van der Waals surface area (Å²) in [6.07, 6.45) is 0.401. The van der Waals surface area contributed by atoms with Crippen LogP contribution in [0, 0.1) is 5.92 Å². The lowest BCUT2D eigenvalue weighted by Gasteiger charge is -2.16. The van der Waals surface area contributed by atoms with Crippen molar-refractivity contribution in [3.8, 4) is 5.88 Å². The van der Waals surface area contributed by atoms with Crippen LogP contribution in [0.3, 0.4) is 0 Å². The van der Waals surface area contributed by atoms with Crippen LogP contribution >= 0.6 is 0 Å². The molecule has 0 spiro atoms. The van der Waals surface area contributed by atoms with Crippen LogP contribution in [0.4, 0.5) is 23.5 Å². The second kappa shape index (κ2) is 9.23. The molecular weight excluding hydrogens is 422 g/mol. The molecule has 0 saturated heterocycles.